The Hall–Kier alpha value is -3.51. The standard InChI is InChI=1S/C35H48N6O5/c1-25-21-27(22-26(2)32(25)36)24-41(34(44)45)17-10-30(40-14-7-28-5-3-4-6-31(28)37-33(40)43)23-35(41,11-18-42)39-12-8-29(9-13-39)38-15-19-46-20-16-38/h3-6,18,21-22,29-30H,7-17,19-20,23-24,36H2,1-2H3,(H-,37,43,44,45)/p+1/t30?,35?,41-/m0/s1. The van der Waals surface area contributed by atoms with Crippen LogP contribution in [-0.2, 0) is 22.5 Å². The summed E-state index contributed by atoms with van der Waals surface area (Å²) in [5.74, 6) is 0. The Balaban J connectivity index is 1.37. The first-order valence-electron chi connectivity index (χ1n) is 16.8. The Labute approximate surface area is 271 Å². The lowest BCUT2D eigenvalue weighted by Crippen LogP contribution is -2.78. The Morgan fingerprint density at radius 2 is 1.76 bits per heavy atom. The van der Waals surface area contributed by atoms with E-state index in [1.54, 1.807) is 0 Å². The Morgan fingerprint density at radius 1 is 1.07 bits per heavy atom. The van der Waals surface area contributed by atoms with Crippen LogP contribution in [0.1, 0.15) is 54.4 Å². The number of carbonyl (C=O) groups excluding carboxylic acids is 2. The average Bonchev–Trinajstić information content (AvgIpc) is 3.23. The van der Waals surface area contributed by atoms with Gasteiger partial charge in [0.25, 0.3) is 0 Å². The van der Waals surface area contributed by atoms with Gasteiger partial charge in [-0.3, -0.25) is 9.80 Å². The van der Waals surface area contributed by atoms with Gasteiger partial charge in [0.15, 0.2) is 5.66 Å². The molecule has 2 aromatic carbocycles. The predicted molar refractivity (Wildman–Crippen MR) is 176 cm³/mol. The van der Waals surface area contributed by atoms with E-state index >= 15 is 0 Å². The highest BCUT2D eigenvalue weighted by Gasteiger charge is 2.64. The molecule has 2 unspecified atom stereocenters. The van der Waals surface area contributed by atoms with Crippen LogP contribution in [0.3, 0.4) is 0 Å². The number of hydrogen-bond donors (Lipinski definition) is 3. The number of quaternary nitrogens is 1. The first kappa shape index (κ1) is 32.4. The molecule has 0 spiro atoms. The van der Waals surface area contributed by atoms with Crippen LogP contribution in [0.25, 0.3) is 0 Å². The van der Waals surface area contributed by atoms with E-state index in [4.69, 9.17) is 10.5 Å². The molecule has 248 valence electrons. The van der Waals surface area contributed by atoms with E-state index in [-0.39, 0.29) is 29.5 Å². The largest absolute Gasteiger partial charge is 0.515 e. The topological polar surface area (TPSA) is 128 Å². The monoisotopic (exact) mass is 633 g/mol. The van der Waals surface area contributed by atoms with E-state index in [1.807, 2.05) is 55.1 Å². The molecule has 2 aromatic rings. The van der Waals surface area contributed by atoms with E-state index in [1.165, 1.54) is 0 Å². The molecule has 11 nitrogen and oxygen atoms in total. The second kappa shape index (κ2) is 13.3. The summed E-state index contributed by atoms with van der Waals surface area (Å²) in [7, 11) is 0. The molecule has 0 aliphatic carbocycles. The van der Waals surface area contributed by atoms with Gasteiger partial charge in [-0.2, -0.15) is 4.79 Å². The number of amides is 3. The Morgan fingerprint density at radius 3 is 2.43 bits per heavy atom. The fourth-order valence-electron chi connectivity index (χ4n) is 8.78. The number of fused-ring (bicyclic) bond motifs is 1. The molecule has 3 fully saturated rings. The molecule has 0 bridgehead atoms. The zero-order valence-corrected chi connectivity index (χ0v) is 27.2. The maximum absolute atomic E-state index is 13.8. The number of benzene rings is 2. The van der Waals surface area contributed by atoms with E-state index in [2.05, 4.69) is 15.1 Å². The van der Waals surface area contributed by atoms with Crippen molar-refractivity contribution in [3.05, 3.63) is 58.7 Å². The summed E-state index contributed by atoms with van der Waals surface area (Å²) in [6, 6.07) is 11.9. The summed E-state index contributed by atoms with van der Waals surface area (Å²) in [5.41, 5.74) is 10.6. The molecule has 11 heteroatoms. The SMILES string of the molecule is Cc1cc(C[N@+]2(C(=O)O)CCC(N3CCc4ccccc4NC3=O)CC2(CC=O)N2CCC(N3CCOCC3)CC2)cc(C)c1N. The van der Waals surface area contributed by atoms with E-state index in [0.717, 1.165) is 73.4 Å². The summed E-state index contributed by atoms with van der Waals surface area (Å²) in [6.07, 6.45) is 3.46. The zero-order valence-electron chi connectivity index (χ0n) is 27.2. The lowest BCUT2D eigenvalue weighted by atomic mass is 9.81. The number of likely N-dealkylation sites (tertiary alicyclic amines) is 2. The van der Waals surface area contributed by atoms with Crippen LogP contribution in [0.15, 0.2) is 36.4 Å². The van der Waals surface area contributed by atoms with Gasteiger partial charge in [-0.1, -0.05) is 18.2 Å². The average molecular weight is 634 g/mol. The molecule has 6 rings (SSSR count). The third-order valence-corrected chi connectivity index (χ3v) is 11.3. The lowest BCUT2D eigenvalue weighted by Gasteiger charge is -2.59. The number of ether oxygens (including phenoxy) is 1. The lowest BCUT2D eigenvalue weighted by molar-refractivity contribution is -0.942. The van der Waals surface area contributed by atoms with Gasteiger partial charge in [0.2, 0.25) is 0 Å². The molecule has 4 aliphatic rings. The molecule has 4 aliphatic heterocycles. The van der Waals surface area contributed by atoms with Crippen molar-refractivity contribution >= 4 is 29.8 Å². The molecule has 3 atom stereocenters. The predicted octanol–water partition coefficient (Wildman–Crippen LogP) is 4.21. The minimum absolute atomic E-state index is 0.0701. The summed E-state index contributed by atoms with van der Waals surface area (Å²) < 4.78 is 5.32. The third-order valence-electron chi connectivity index (χ3n) is 11.3. The summed E-state index contributed by atoms with van der Waals surface area (Å²) >= 11 is 0. The molecule has 46 heavy (non-hydrogen) atoms. The van der Waals surface area contributed by atoms with Crippen molar-refractivity contribution < 1.29 is 28.7 Å². The zero-order chi connectivity index (χ0) is 32.5. The van der Waals surface area contributed by atoms with Gasteiger partial charge in [-0.25, -0.2) is 9.28 Å². The van der Waals surface area contributed by atoms with Crippen molar-refractivity contribution in [2.75, 3.05) is 63.5 Å². The number of carbonyl (C=O) groups is 3. The molecule has 0 aromatic heterocycles. The number of nitrogen functional groups attached to an aromatic ring is 1. The maximum atomic E-state index is 13.8. The van der Waals surface area contributed by atoms with Crippen molar-refractivity contribution in [3.8, 4) is 0 Å². The van der Waals surface area contributed by atoms with Crippen LogP contribution in [0.5, 0.6) is 0 Å². The Bertz CT molecular complexity index is 1430. The van der Waals surface area contributed by atoms with Gasteiger partial charge in [-0.05, 0) is 68.0 Å². The number of carboxylic acid groups (broad SMARTS) is 1. The summed E-state index contributed by atoms with van der Waals surface area (Å²) in [6.45, 7) is 9.63. The van der Waals surface area contributed by atoms with Crippen molar-refractivity contribution in [3.63, 3.8) is 0 Å². The molecule has 3 saturated heterocycles. The minimum atomic E-state index is -1.03. The highest BCUT2D eigenvalue weighted by Crippen LogP contribution is 2.46. The normalized spacial score (nSPS) is 28.3. The van der Waals surface area contributed by atoms with Gasteiger partial charge in [-0.15, -0.1) is 0 Å². The molecule has 3 amide bonds. The fraction of sp³-hybridized carbons (Fsp3) is 0.571. The van der Waals surface area contributed by atoms with Crippen LogP contribution in [-0.4, -0.2) is 113 Å². The number of hydrogen-bond acceptors (Lipinski definition) is 7. The molecular weight excluding hydrogens is 584 g/mol. The quantitative estimate of drug-likeness (QED) is 0.235. The second-order valence-corrected chi connectivity index (χ2v) is 13.7. The number of nitrogens with two attached hydrogens (primary N) is 1. The first-order valence-corrected chi connectivity index (χ1v) is 16.8. The number of aldehydes is 1. The van der Waals surface area contributed by atoms with Crippen LogP contribution in [0, 0.1) is 13.8 Å². The van der Waals surface area contributed by atoms with Crippen molar-refractivity contribution in [1.82, 2.24) is 14.7 Å². The van der Waals surface area contributed by atoms with Crippen LogP contribution >= 0.6 is 0 Å². The number of piperidine rings is 2. The van der Waals surface area contributed by atoms with Crippen LogP contribution in [0.2, 0.25) is 0 Å². The van der Waals surface area contributed by atoms with Crippen molar-refractivity contribution in [1.29, 1.82) is 0 Å². The maximum Gasteiger partial charge on any atom is 0.515 e. The number of nitrogens with zero attached hydrogens (tertiary/aromatic N) is 4. The highest BCUT2D eigenvalue weighted by atomic mass is 16.5. The molecule has 0 radical (unpaired) electrons. The smallest absolute Gasteiger partial charge is 0.435 e. The van der Waals surface area contributed by atoms with Crippen molar-refractivity contribution in [2.45, 2.75) is 76.7 Å². The second-order valence-electron chi connectivity index (χ2n) is 13.7. The molecular formula is C35H49N6O5+. The number of aryl methyl sites for hydroxylation is 2. The number of anilines is 2. The third kappa shape index (κ3) is 5.90. The number of morpholine rings is 1. The van der Waals surface area contributed by atoms with Crippen LogP contribution in [0.4, 0.5) is 21.0 Å². The van der Waals surface area contributed by atoms with E-state index in [9.17, 15) is 19.5 Å². The first-order chi connectivity index (χ1) is 22.2. The van der Waals surface area contributed by atoms with Crippen molar-refractivity contribution in [2.24, 2.45) is 0 Å². The minimum Gasteiger partial charge on any atom is -0.435 e. The van der Waals surface area contributed by atoms with Gasteiger partial charge in [0, 0.05) is 74.6 Å². The fourth-order valence-corrected chi connectivity index (χ4v) is 8.78. The summed E-state index contributed by atoms with van der Waals surface area (Å²) in [4.78, 5) is 47.0. The van der Waals surface area contributed by atoms with Crippen LogP contribution < -0.4 is 11.1 Å². The van der Waals surface area contributed by atoms with Gasteiger partial charge in [0.05, 0.1) is 26.2 Å². The van der Waals surface area contributed by atoms with Gasteiger partial charge in [0.1, 0.15) is 12.8 Å². The Kier molecular flexibility index (Phi) is 9.38. The number of rotatable bonds is 7. The van der Waals surface area contributed by atoms with E-state index < -0.39 is 11.8 Å². The highest BCUT2D eigenvalue weighted by molar-refractivity contribution is 5.91. The number of para-hydroxylation sites is 1. The molecule has 4 N–H and O–H groups in total. The number of nitrogens with one attached hydrogen (secondary N) is 1. The number of urea groups is 1. The molecule has 0 saturated carbocycles. The molecule has 4 heterocycles. The van der Waals surface area contributed by atoms with E-state index in [0.29, 0.717) is 57.2 Å². The summed E-state index contributed by atoms with van der Waals surface area (Å²) in [5, 5.41) is 14.4. The van der Waals surface area contributed by atoms with Gasteiger partial charge >= 0.3 is 12.1 Å². The van der Waals surface area contributed by atoms with Gasteiger partial charge < -0.3 is 30.6 Å².